The predicted octanol–water partition coefficient (Wildman–Crippen LogP) is 4.67. The highest BCUT2D eigenvalue weighted by Crippen LogP contribution is 2.28. The smallest absolute Gasteiger partial charge is 0.335 e. The molecule has 8 heteroatoms. The van der Waals surface area contributed by atoms with Gasteiger partial charge in [-0.3, -0.25) is 9.59 Å². The van der Waals surface area contributed by atoms with Crippen molar-refractivity contribution in [3.05, 3.63) is 77.0 Å². The summed E-state index contributed by atoms with van der Waals surface area (Å²) in [5, 5.41) is 10.3. The molecule has 3 heterocycles. The van der Waals surface area contributed by atoms with E-state index in [0.29, 0.717) is 12.3 Å². The van der Waals surface area contributed by atoms with E-state index in [4.69, 9.17) is 4.74 Å². The lowest BCUT2D eigenvalue weighted by atomic mass is 10.1. The maximum absolute atomic E-state index is 12.7. The van der Waals surface area contributed by atoms with Crippen LogP contribution in [-0.2, 0) is 16.1 Å². The number of aromatic nitrogens is 1. The molecular formula is C31H33N3O5. The Bertz CT molecular complexity index is 1460. The molecule has 0 aliphatic carbocycles. The lowest BCUT2D eigenvalue weighted by Gasteiger charge is -2.12. The molecule has 8 nitrogen and oxygen atoms in total. The minimum Gasteiger partial charge on any atom is -0.496 e. The van der Waals surface area contributed by atoms with Gasteiger partial charge in [-0.2, -0.15) is 0 Å². The molecule has 2 aromatic carbocycles. The van der Waals surface area contributed by atoms with Gasteiger partial charge in [0, 0.05) is 66.6 Å². The first-order valence-electron chi connectivity index (χ1n) is 13.4. The molecule has 3 aromatic rings. The number of ether oxygens (including phenoxy) is 1. The van der Waals surface area contributed by atoms with Gasteiger partial charge >= 0.3 is 5.97 Å². The number of carbonyl (C=O) groups is 3. The number of hydrogen-bond acceptors (Lipinski definition) is 4. The second-order valence-corrected chi connectivity index (χ2v) is 10.1. The molecule has 0 unspecified atom stereocenters. The molecule has 0 saturated carbocycles. The van der Waals surface area contributed by atoms with Crippen LogP contribution in [0.1, 0.15) is 52.7 Å². The van der Waals surface area contributed by atoms with Gasteiger partial charge in [-0.05, 0) is 61.6 Å². The molecule has 2 saturated heterocycles. The summed E-state index contributed by atoms with van der Waals surface area (Å²) in [6.07, 6.45) is 13.1. The van der Waals surface area contributed by atoms with Gasteiger partial charge in [0.05, 0.1) is 19.2 Å². The number of rotatable bonds is 8. The molecule has 0 spiro atoms. The number of hydrogen-bond donors (Lipinski definition) is 1. The Morgan fingerprint density at radius 3 is 2.13 bits per heavy atom. The topological polar surface area (TPSA) is 92.1 Å². The standard InChI is InChI=1S/C31H33N3O5/c1-39-28-19-23(31(37)38)8-9-25(28)21-34-20-24(10-13-30(36)33-16-4-5-17-33)26-11-6-22(18-27(26)34)7-12-29(35)32-14-2-3-15-32/h6-13,18-20H,2-5,14-17,21H2,1H3,(H,37,38). The summed E-state index contributed by atoms with van der Waals surface area (Å²) in [5.41, 5.74) is 3.72. The van der Waals surface area contributed by atoms with Crippen molar-refractivity contribution in [1.29, 1.82) is 0 Å². The summed E-state index contributed by atoms with van der Waals surface area (Å²) in [6.45, 7) is 3.64. The molecule has 39 heavy (non-hydrogen) atoms. The molecule has 1 aromatic heterocycles. The van der Waals surface area contributed by atoms with Gasteiger partial charge < -0.3 is 24.2 Å². The zero-order valence-corrected chi connectivity index (χ0v) is 22.1. The van der Waals surface area contributed by atoms with E-state index in [9.17, 15) is 19.5 Å². The molecule has 1 N–H and O–H groups in total. The van der Waals surface area contributed by atoms with E-state index >= 15 is 0 Å². The van der Waals surface area contributed by atoms with Gasteiger partial charge in [-0.15, -0.1) is 0 Å². The Labute approximate surface area is 227 Å². The maximum Gasteiger partial charge on any atom is 0.335 e. The fourth-order valence-corrected chi connectivity index (χ4v) is 5.31. The molecular weight excluding hydrogens is 494 g/mol. The number of carboxylic acids is 1. The summed E-state index contributed by atoms with van der Waals surface area (Å²) < 4.78 is 7.57. The van der Waals surface area contributed by atoms with E-state index in [1.165, 1.54) is 13.2 Å². The Kier molecular flexibility index (Phi) is 7.81. The molecule has 2 aliphatic rings. The van der Waals surface area contributed by atoms with Crippen LogP contribution in [0.5, 0.6) is 5.75 Å². The number of aromatic carboxylic acids is 1. The molecule has 5 rings (SSSR count). The third kappa shape index (κ3) is 5.90. The largest absolute Gasteiger partial charge is 0.496 e. The number of likely N-dealkylation sites (tertiary alicyclic amines) is 2. The molecule has 202 valence electrons. The third-order valence-corrected chi connectivity index (χ3v) is 7.47. The first kappa shape index (κ1) is 26.3. The molecule has 2 fully saturated rings. The minimum atomic E-state index is -1.01. The van der Waals surface area contributed by atoms with E-state index in [2.05, 4.69) is 4.57 Å². The number of carbonyl (C=O) groups excluding carboxylic acids is 2. The van der Waals surface area contributed by atoms with Crippen molar-refractivity contribution in [2.45, 2.75) is 32.2 Å². The van der Waals surface area contributed by atoms with Crippen LogP contribution in [-0.4, -0.2) is 70.5 Å². The quantitative estimate of drug-likeness (QED) is 0.430. The van der Waals surface area contributed by atoms with Crippen molar-refractivity contribution in [3.8, 4) is 5.75 Å². The summed E-state index contributed by atoms with van der Waals surface area (Å²) in [5.74, 6) is -0.485. The predicted molar refractivity (Wildman–Crippen MR) is 151 cm³/mol. The van der Waals surface area contributed by atoms with Gasteiger partial charge in [-0.1, -0.05) is 18.2 Å². The molecule has 2 amide bonds. The first-order chi connectivity index (χ1) is 18.9. The number of amides is 2. The van der Waals surface area contributed by atoms with Crippen LogP contribution in [0, 0.1) is 0 Å². The maximum atomic E-state index is 12.7. The summed E-state index contributed by atoms with van der Waals surface area (Å²) in [6, 6.07) is 10.9. The van der Waals surface area contributed by atoms with Crippen LogP contribution in [0.3, 0.4) is 0 Å². The Morgan fingerprint density at radius 1 is 0.872 bits per heavy atom. The average molecular weight is 528 g/mol. The lowest BCUT2D eigenvalue weighted by Crippen LogP contribution is -2.25. The second kappa shape index (κ2) is 11.6. The van der Waals surface area contributed by atoms with Gasteiger partial charge in [0.15, 0.2) is 0 Å². The number of nitrogens with zero attached hydrogens (tertiary/aromatic N) is 3. The number of methoxy groups -OCH3 is 1. The molecule has 0 atom stereocenters. The number of benzene rings is 2. The lowest BCUT2D eigenvalue weighted by molar-refractivity contribution is -0.125. The van der Waals surface area contributed by atoms with Crippen molar-refractivity contribution in [2.24, 2.45) is 0 Å². The number of carboxylic acid groups (broad SMARTS) is 1. The number of fused-ring (bicyclic) bond motifs is 1. The summed E-state index contributed by atoms with van der Waals surface area (Å²) in [4.78, 5) is 40.4. The van der Waals surface area contributed by atoms with E-state index in [0.717, 1.165) is 79.5 Å². The van der Waals surface area contributed by atoms with Crippen molar-refractivity contribution >= 4 is 40.8 Å². The van der Waals surface area contributed by atoms with E-state index < -0.39 is 5.97 Å². The normalized spacial score (nSPS) is 15.7. The highest BCUT2D eigenvalue weighted by molar-refractivity contribution is 5.98. The van der Waals surface area contributed by atoms with Gasteiger partial charge in [0.2, 0.25) is 11.8 Å². The third-order valence-electron chi connectivity index (χ3n) is 7.47. The molecule has 0 bridgehead atoms. The zero-order chi connectivity index (χ0) is 27.4. The molecule has 2 aliphatic heterocycles. The second-order valence-electron chi connectivity index (χ2n) is 10.1. The van der Waals surface area contributed by atoms with Gasteiger partial charge in [0.1, 0.15) is 5.75 Å². The van der Waals surface area contributed by atoms with Crippen LogP contribution in [0.25, 0.3) is 23.1 Å². The van der Waals surface area contributed by atoms with Crippen molar-refractivity contribution < 1.29 is 24.2 Å². The monoisotopic (exact) mass is 527 g/mol. The van der Waals surface area contributed by atoms with Gasteiger partial charge in [-0.25, -0.2) is 4.79 Å². The van der Waals surface area contributed by atoms with Crippen LogP contribution in [0.2, 0.25) is 0 Å². The van der Waals surface area contributed by atoms with Crippen molar-refractivity contribution in [3.63, 3.8) is 0 Å². The highest BCUT2D eigenvalue weighted by Gasteiger charge is 2.17. The molecule has 0 radical (unpaired) electrons. The average Bonchev–Trinajstić information content (AvgIpc) is 3.73. The summed E-state index contributed by atoms with van der Waals surface area (Å²) >= 11 is 0. The van der Waals surface area contributed by atoms with Crippen LogP contribution < -0.4 is 4.74 Å². The van der Waals surface area contributed by atoms with Crippen LogP contribution >= 0.6 is 0 Å². The summed E-state index contributed by atoms with van der Waals surface area (Å²) in [7, 11) is 1.52. The fourth-order valence-electron chi connectivity index (χ4n) is 5.31. The van der Waals surface area contributed by atoms with Crippen LogP contribution in [0.4, 0.5) is 0 Å². The van der Waals surface area contributed by atoms with E-state index in [1.54, 1.807) is 24.3 Å². The van der Waals surface area contributed by atoms with Crippen molar-refractivity contribution in [2.75, 3.05) is 33.3 Å². The first-order valence-corrected chi connectivity index (χ1v) is 13.4. The Hall–Kier alpha value is -4.33. The SMILES string of the molecule is COc1cc(C(=O)O)ccc1Cn1cc(C=CC(=O)N2CCCC2)c2ccc(C=CC(=O)N3CCCC3)cc21. The Balaban J connectivity index is 1.49. The van der Waals surface area contributed by atoms with Crippen LogP contribution in [0.15, 0.2) is 54.7 Å². The van der Waals surface area contributed by atoms with Gasteiger partial charge in [0.25, 0.3) is 0 Å². The zero-order valence-electron chi connectivity index (χ0n) is 22.1. The van der Waals surface area contributed by atoms with Crippen molar-refractivity contribution in [1.82, 2.24) is 14.4 Å². The highest BCUT2D eigenvalue weighted by atomic mass is 16.5. The minimum absolute atomic E-state index is 0.0132. The van der Waals surface area contributed by atoms with E-state index in [1.807, 2.05) is 46.3 Å². The van der Waals surface area contributed by atoms with E-state index in [-0.39, 0.29) is 17.4 Å². The Morgan fingerprint density at radius 2 is 1.51 bits per heavy atom. The fraction of sp³-hybridized carbons (Fsp3) is 0.323.